The lowest BCUT2D eigenvalue weighted by Crippen LogP contribution is -2.51. The summed E-state index contributed by atoms with van der Waals surface area (Å²) in [6.07, 6.45) is -7.03. The Hall–Kier alpha value is -3.64. The Morgan fingerprint density at radius 2 is 1.88 bits per heavy atom. The molecule has 3 heterocycles. The Balaban J connectivity index is 1.54. The van der Waals surface area contributed by atoms with E-state index in [1.807, 2.05) is 6.92 Å². The molecular formula is C28H28ClF3N4O5. The molecule has 0 N–H and O–H groups in total. The highest BCUT2D eigenvalue weighted by Gasteiger charge is 2.44. The first-order valence-corrected chi connectivity index (χ1v) is 13.4. The number of likely N-dealkylation sites (tertiary alicyclic amines) is 1. The van der Waals surface area contributed by atoms with E-state index in [1.165, 1.54) is 19.2 Å². The molecule has 2 aliphatic heterocycles. The number of methoxy groups -OCH3 is 1. The average Bonchev–Trinajstić information content (AvgIpc) is 3.30. The molecule has 2 atom stereocenters. The second-order valence-electron chi connectivity index (χ2n) is 9.98. The number of carbonyl (C=O) groups is 2. The molecule has 1 amide bonds. The Labute approximate surface area is 239 Å². The van der Waals surface area contributed by atoms with Crippen LogP contribution in [0.4, 0.5) is 13.2 Å². The van der Waals surface area contributed by atoms with E-state index in [2.05, 4.69) is 10.2 Å². The second kappa shape index (κ2) is 11.3. The summed E-state index contributed by atoms with van der Waals surface area (Å²) < 4.78 is 60.3. The van der Waals surface area contributed by atoms with E-state index in [9.17, 15) is 22.8 Å². The van der Waals surface area contributed by atoms with Gasteiger partial charge >= 0.3 is 12.1 Å². The van der Waals surface area contributed by atoms with Gasteiger partial charge in [-0.1, -0.05) is 23.7 Å². The van der Waals surface area contributed by atoms with E-state index >= 15 is 0 Å². The fourth-order valence-corrected chi connectivity index (χ4v) is 5.51. The summed E-state index contributed by atoms with van der Waals surface area (Å²) in [5.74, 6) is -1.55. The highest BCUT2D eigenvalue weighted by Crippen LogP contribution is 2.45. The Morgan fingerprint density at radius 1 is 1.12 bits per heavy atom. The van der Waals surface area contributed by atoms with Crippen molar-refractivity contribution in [3.63, 3.8) is 0 Å². The zero-order valence-electron chi connectivity index (χ0n) is 22.6. The number of nitrogens with zero attached hydrogens (tertiary/aromatic N) is 4. The summed E-state index contributed by atoms with van der Waals surface area (Å²) in [6, 6.07) is 9.80. The van der Waals surface area contributed by atoms with Crippen molar-refractivity contribution in [2.75, 3.05) is 26.8 Å². The maximum absolute atomic E-state index is 14.2. The third-order valence-corrected chi connectivity index (χ3v) is 7.54. The lowest BCUT2D eigenvalue weighted by Gasteiger charge is -2.39. The lowest BCUT2D eigenvalue weighted by atomic mass is 9.95. The monoisotopic (exact) mass is 592 g/mol. The van der Waals surface area contributed by atoms with Gasteiger partial charge in [0, 0.05) is 29.6 Å². The van der Waals surface area contributed by atoms with Gasteiger partial charge in [0.15, 0.2) is 5.82 Å². The van der Waals surface area contributed by atoms with Crippen LogP contribution >= 0.6 is 11.6 Å². The third kappa shape index (κ3) is 5.62. The van der Waals surface area contributed by atoms with E-state index in [0.29, 0.717) is 40.6 Å². The summed E-state index contributed by atoms with van der Waals surface area (Å²) in [5, 5.41) is 7.63. The molecule has 0 bridgehead atoms. The molecule has 2 aromatic carbocycles. The van der Waals surface area contributed by atoms with E-state index in [1.54, 1.807) is 36.1 Å². The van der Waals surface area contributed by atoms with Gasteiger partial charge in [-0.25, -0.2) is 0 Å². The van der Waals surface area contributed by atoms with Crippen molar-refractivity contribution in [3.05, 3.63) is 69.8 Å². The number of alkyl halides is 3. The zero-order chi connectivity index (χ0) is 29.5. The van der Waals surface area contributed by atoms with Gasteiger partial charge in [0.1, 0.15) is 18.0 Å². The Bertz CT molecular complexity index is 1470. The van der Waals surface area contributed by atoms with Crippen LogP contribution in [0.2, 0.25) is 5.02 Å². The van der Waals surface area contributed by atoms with Crippen molar-refractivity contribution in [1.82, 2.24) is 19.7 Å². The Morgan fingerprint density at radius 3 is 2.56 bits per heavy atom. The number of halogens is 4. The first-order chi connectivity index (χ1) is 19.5. The third-order valence-electron chi connectivity index (χ3n) is 7.30. The normalized spacial score (nSPS) is 18.7. The van der Waals surface area contributed by atoms with Gasteiger partial charge in [-0.2, -0.15) is 13.2 Å². The molecule has 1 fully saturated rings. The topological polar surface area (TPSA) is 95.8 Å². The maximum Gasteiger partial charge on any atom is 0.452 e. The first-order valence-electron chi connectivity index (χ1n) is 13.1. The van der Waals surface area contributed by atoms with Gasteiger partial charge in [0.25, 0.3) is 0 Å². The molecule has 5 rings (SSSR count). The van der Waals surface area contributed by atoms with Crippen molar-refractivity contribution in [2.24, 2.45) is 5.92 Å². The molecule has 1 saturated heterocycles. The highest BCUT2D eigenvalue weighted by molar-refractivity contribution is 6.30. The number of amides is 1. The number of rotatable bonds is 7. The number of ether oxygens (including phenoxy) is 3. The molecule has 2 aliphatic rings. The first kappa shape index (κ1) is 28.9. The minimum Gasteiger partial charge on any atom is -0.496 e. The van der Waals surface area contributed by atoms with Crippen LogP contribution in [0.1, 0.15) is 60.3 Å². The molecular weight excluding hydrogens is 565 g/mol. The zero-order valence-corrected chi connectivity index (χ0v) is 23.3. The molecule has 13 heteroatoms. The smallest absolute Gasteiger partial charge is 0.452 e. The minimum absolute atomic E-state index is 0.0490. The molecule has 0 saturated carbocycles. The van der Waals surface area contributed by atoms with Crippen LogP contribution in [0.5, 0.6) is 5.75 Å². The summed E-state index contributed by atoms with van der Waals surface area (Å²) >= 11 is 6.33. The molecule has 41 heavy (non-hydrogen) atoms. The molecule has 9 nitrogen and oxygen atoms in total. The molecule has 0 radical (unpaired) electrons. The number of esters is 1. The van der Waals surface area contributed by atoms with E-state index in [-0.39, 0.29) is 48.8 Å². The number of hydrogen-bond acceptors (Lipinski definition) is 7. The highest BCUT2D eigenvalue weighted by atomic mass is 35.5. The van der Waals surface area contributed by atoms with Crippen LogP contribution in [0.25, 0.3) is 5.69 Å². The van der Waals surface area contributed by atoms with Crippen LogP contribution in [-0.4, -0.2) is 58.3 Å². The van der Waals surface area contributed by atoms with E-state index < -0.39 is 24.2 Å². The fourth-order valence-electron chi connectivity index (χ4n) is 5.33. The molecule has 1 aromatic heterocycles. The van der Waals surface area contributed by atoms with Crippen molar-refractivity contribution >= 4 is 23.5 Å². The Kier molecular flexibility index (Phi) is 7.97. The lowest BCUT2D eigenvalue weighted by molar-refractivity contribution is -0.150. The van der Waals surface area contributed by atoms with Crippen LogP contribution in [0.3, 0.4) is 0 Å². The second-order valence-corrected chi connectivity index (χ2v) is 10.4. The van der Waals surface area contributed by atoms with Crippen molar-refractivity contribution in [3.8, 4) is 11.4 Å². The van der Waals surface area contributed by atoms with Gasteiger partial charge in [0.05, 0.1) is 32.2 Å². The molecule has 0 unspecified atom stereocenters. The SMILES string of the molecule is CCOC(=O)CC1CN(C(=O)C[C@H]2O[C@H](c3cccc(OC)c3C)c3cc(Cl)ccc3-n3c2nnc3C(F)(F)F)C1. The van der Waals surface area contributed by atoms with Crippen LogP contribution in [0.15, 0.2) is 36.4 Å². The summed E-state index contributed by atoms with van der Waals surface area (Å²) in [4.78, 5) is 26.7. The van der Waals surface area contributed by atoms with Crippen LogP contribution < -0.4 is 4.74 Å². The summed E-state index contributed by atoms with van der Waals surface area (Å²) in [6.45, 7) is 4.47. The quantitative estimate of drug-likeness (QED) is 0.347. The number of fused-ring (bicyclic) bond motifs is 3. The number of hydrogen-bond donors (Lipinski definition) is 0. The van der Waals surface area contributed by atoms with Gasteiger partial charge in [-0.05, 0) is 49.2 Å². The van der Waals surface area contributed by atoms with E-state index in [0.717, 1.165) is 4.57 Å². The largest absolute Gasteiger partial charge is 0.496 e. The number of benzene rings is 2. The van der Waals surface area contributed by atoms with Gasteiger partial charge in [-0.15, -0.1) is 10.2 Å². The standard InChI is InChI=1S/C28H28ClF3N4O5/c1-4-40-24(38)10-16-13-35(14-16)23(37)12-22-26-33-34-27(28(30,31)32)36(26)20-9-8-17(29)11-19(20)25(41-22)18-6-5-7-21(39-3)15(18)2/h5-9,11,16,22,25H,4,10,12-14H2,1-3H3/t22-,25-/m1/s1. The van der Waals surface area contributed by atoms with Crippen molar-refractivity contribution < 1.29 is 37.0 Å². The number of aromatic nitrogens is 3. The molecule has 0 spiro atoms. The number of carbonyl (C=O) groups excluding carboxylic acids is 2. The van der Waals surface area contributed by atoms with Crippen molar-refractivity contribution in [2.45, 2.75) is 45.1 Å². The van der Waals surface area contributed by atoms with Gasteiger partial charge in [-0.3, -0.25) is 14.2 Å². The predicted molar refractivity (Wildman–Crippen MR) is 141 cm³/mol. The average molecular weight is 593 g/mol. The minimum atomic E-state index is -4.83. The van der Waals surface area contributed by atoms with Gasteiger partial charge in [0.2, 0.25) is 11.7 Å². The maximum atomic E-state index is 14.2. The van der Waals surface area contributed by atoms with Crippen LogP contribution in [0, 0.1) is 12.8 Å². The predicted octanol–water partition coefficient (Wildman–Crippen LogP) is 5.22. The molecule has 0 aliphatic carbocycles. The van der Waals surface area contributed by atoms with Crippen molar-refractivity contribution in [1.29, 1.82) is 0 Å². The summed E-state index contributed by atoms with van der Waals surface area (Å²) in [7, 11) is 1.52. The van der Waals surface area contributed by atoms with Gasteiger partial charge < -0.3 is 19.1 Å². The fraction of sp³-hybridized carbons (Fsp3) is 0.429. The molecule has 3 aromatic rings. The van der Waals surface area contributed by atoms with Crippen LogP contribution in [-0.2, 0) is 25.2 Å². The van der Waals surface area contributed by atoms with E-state index in [4.69, 9.17) is 25.8 Å². The summed E-state index contributed by atoms with van der Waals surface area (Å²) in [5.41, 5.74) is 1.85. The molecule has 218 valence electrons.